The van der Waals surface area contributed by atoms with Gasteiger partial charge in [0.1, 0.15) is 0 Å². The van der Waals surface area contributed by atoms with E-state index in [1.807, 2.05) is 0 Å². The molecular formula is C44H40N2. The van der Waals surface area contributed by atoms with Crippen LogP contribution >= 0.6 is 0 Å². The first kappa shape index (κ1) is 27.6. The van der Waals surface area contributed by atoms with E-state index >= 15 is 0 Å². The maximum atomic E-state index is 5.29. The van der Waals surface area contributed by atoms with E-state index in [1.54, 1.807) is 5.57 Å². The molecule has 5 aliphatic rings. The fourth-order valence-corrected chi connectivity index (χ4v) is 9.24. The molecule has 226 valence electrons. The van der Waals surface area contributed by atoms with Crippen LogP contribution in [0.15, 0.2) is 143 Å². The van der Waals surface area contributed by atoms with E-state index in [0.29, 0.717) is 5.92 Å². The molecule has 46 heavy (non-hydrogen) atoms. The first-order chi connectivity index (χ1) is 22.4. The number of pyridine rings is 1. The highest BCUT2D eigenvalue weighted by Gasteiger charge is 2.48. The predicted molar refractivity (Wildman–Crippen MR) is 193 cm³/mol. The molecule has 0 saturated carbocycles. The zero-order valence-corrected chi connectivity index (χ0v) is 27.2. The molecule has 1 atom stereocenters. The molecule has 0 bridgehead atoms. The lowest BCUT2D eigenvalue weighted by atomic mass is 9.69. The van der Waals surface area contributed by atoms with E-state index in [4.69, 9.17) is 4.98 Å². The summed E-state index contributed by atoms with van der Waals surface area (Å²) in [6.07, 6.45) is 17.5. The molecule has 1 unspecified atom stereocenters. The van der Waals surface area contributed by atoms with Crippen LogP contribution in [0.2, 0.25) is 0 Å². The Morgan fingerprint density at radius 1 is 0.761 bits per heavy atom. The third-order valence-electron chi connectivity index (χ3n) is 11.4. The molecule has 0 amide bonds. The summed E-state index contributed by atoms with van der Waals surface area (Å²) >= 11 is 0. The molecule has 1 aromatic heterocycles. The van der Waals surface area contributed by atoms with Crippen molar-refractivity contribution < 1.29 is 0 Å². The molecule has 0 saturated heterocycles. The molecule has 2 heterocycles. The molecule has 9 rings (SSSR count). The van der Waals surface area contributed by atoms with Crippen LogP contribution in [-0.4, -0.2) is 11.5 Å². The maximum Gasteiger partial charge on any atom is 0.0784 e. The SMILES string of the molecule is CC1(C)C2=C(C(C3C=C(c4nc5ccccc5c5ccccc45)C=CC3)=CCC2)C2=C1c1ccccc1C(C)(C)C1=C2C=CNC1. The van der Waals surface area contributed by atoms with Gasteiger partial charge in [-0.2, -0.15) is 0 Å². The molecule has 1 N–H and O–H groups in total. The van der Waals surface area contributed by atoms with E-state index in [2.05, 4.69) is 142 Å². The van der Waals surface area contributed by atoms with Crippen LogP contribution in [0, 0.1) is 11.3 Å². The van der Waals surface area contributed by atoms with Gasteiger partial charge in [-0.1, -0.05) is 124 Å². The van der Waals surface area contributed by atoms with E-state index in [-0.39, 0.29) is 10.8 Å². The summed E-state index contributed by atoms with van der Waals surface area (Å²) < 4.78 is 0. The van der Waals surface area contributed by atoms with Gasteiger partial charge in [0.2, 0.25) is 0 Å². The minimum Gasteiger partial charge on any atom is -0.387 e. The molecule has 2 heteroatoms. The van der Waals surface area contributed by atoms with E-state index in [1.165, 1.54) is 66.3 Å². The second-order valence-electron chi connectivity index (χ2n) is 14.6. The van der Waals surface area contributed by atoms with Crippen molar-refractivity contribution >= 4 is 32.8 Å². The fourth-order valence-electron chi connectivity index (χ4n) is 9.24. The van der Waals surface area contributed by atoms with Crippen LogP contribution in [0.25, 0.3) is 32.8 Å². The molecule has 4 aliphatic carbocycles. The van der Waals surface area contributed by atoms with Crippen LogP contribution in [0.4, 0.5) is 0 Å². The predicted octanol–water partition coefficient (Wildman–Crippen LogP) is 10.6. The largest absolute Gasteiger partial charge is 0.387 e. The zero-order chi connectivity index (χ0) is 31.2. The number of hydrogen-bond acceptors (Lipinski definition) is 2. The average Bonchev–Trinajstić information content (AvgIpc) is 3.29. The monoisotopic (exact) mass is 596 g/mol. The number of nitrogens with one attached hydrogen (secondary N) is 1. The van der Waals surface area contributed by atoms with Crippen molar-refractivity contribution in [3.8, 4) is 0 Å². The summed E-state index contributed by atoms with van der Waals surface area (Å²) in [6.45, 7) is 10.7. The van der Waals surface area contributed by atoms with Crippen molar-refractivity contribution in [2.75, 3.05) is 6.54 Å². The normalized spacial score (nSPS) is 22.6. The molecule has 2 nitrogen and oxygen atoms in total. The quantitative estimate of drug-likeness (QED) is 0.233. The van der Waals surface area contributed by atoms with Crippen molar-refractivity contribution in [1.82, 2.24) is 10.3 Å². The Balaban J connectivity index is 1.25. The number of rotatable bonds is 2. The summed E-state index contributed by atoms with van der Waals surface area (Å²) in [6, 6.07) is 26.6. The van der Waals surface area contributed by atoms with Gasteiger partial charge in [0.05, 0.1) is 11.2 Å². The van der Waals surface area contributed by atoms with E-state index in [9.17, 15) is 0 Å². The van der Waals surface area contributed by atoms with Gasteiger partial charge in [-0.15, -0.1) is 0 Å². The van der Waals surface area contributed by atoms with Crippen molar-refractivity contribution in [3.63, 3.8) is 0 Å². The van der Waals surface area contributed by atoms with E-state index in [0.717, 1.165) is 37.0 Å². The summed E-state index contributed by atoms with van der Waals surface area (Å²) in [5.74, 6) is 0.293. The molecule has 4 aromatic rings. The number of dihydropyridines is 1. The molecule has 1 aliphatic heterocycles. The molecular weight excluding hydrogens is 556 g/mol. The Kier molecular flexibility index (Phi) is 5.94. The number of benzene rings is 3. The summed E-state index contributed by atoms with van der Waals surface area (Å²) in [5.41, 5.74) is 16.7. The van der Waals surface area contributed by atoms with Gasteiger partial charge in [0, 0.05) is 34.1 Å². The van der Waals surface area contributed by atoms with Crippen LogP contribution < -0.4 is 5.32 Å². The zero-order valence-electron chi connectivity index (χ0n) is 27.2. The van der Waals surface area contributed by atoms with Crippen molar-refractivity contribution in [1.29, 1.82) is 0 Å². The third kappa shape index (κ3) is 3.79. The van der Waals surface area contributed by atoms with Gasteiger partial charge in [-0.25, -0.2) is 4.98 Å². The standard InChI is InChI=1S/C44H40N2/c1-43(2)35-20-9-7-18-34(35)41-40(33-23-24-45-26-37(33)43)39-29(19-12-21-36(39)44(41,3)4)27-13-11-14-28(25-27)42-32-17-6-5-15-30(32)31-16-8-10-22-38(31)46-42/h5-11,14-20,22-25,27,45H,12-13,21,26H2,1-4H3. The van der Waals surface area contributed by atoms with Crippen LogP contribution in [0.5, 0.6) is 0 Å². The van der Waals surface area contributed by atoms with Gasteiger partial charge in [-0.05, 0) is 93.1 Å². The highest BCUT2D eigenvalue weighted by molar-refractivity contribution is 6.10. The van der Waals surface area contributed by atoms with Gasteiger partial charge in [0.15, 0.2) is 0 Å². The number of aromatic nitrogens is 1. The number of allylic oxidation sites excluding steroid dienone is 12. The summed E-state index contributed by atoms with van der Waals surface area (Å²) in [5, 5.41) is 7.28. The average molecular weight is 597 g/mol. The Bertz CT molecular complexity index is 2220. The lowest BCUT2D eigenvalue weighted by Crippen LogP contribution is -2.31. The first-order valence-electron chi connectivity index (χ1n) is 16.9. The number of fused-ring (bicyclic) bond motifs is 7. The van der Waals surface area contributed by atoms with Gasteiger partial charge in [0.25, 0.3) is 0 Å². The van der Waals surface area contributed by atoms with Crippen LogP contribution in [0.1, 0.15) is 63.8 Å². The highest BCUT2D eigenvalue weighted by Crippen LogP contribution is 2.62. The van der Waals surface area contributed by atoms with Crippen molar-refractivity contribution in [3.05, 3.63) is 160 Å². The van der Waals surface area contributed by atoms with Crippen LogP contribution in [0.3, 0.4) is 0 Å². The number of nitrogens with zero attached hydrogens (tertiary/aromatic N) is 1. The molecule has 0 spiro atoms. The number of para-hydroxylation sites is 1. The Labute approximate surface area is 272 Å². The van der Waals surface area contributed by atoms with Gasteiger partial charge >= 0.3 is 0 Å². The molecule has 0 radical (unpaired) electrons. The lowest BCUT2D eigenvalue weighted by molar-refractivity contribution is 0.563. The minimum atomic E-state index is -0.0766. The summed E-state index contributed by atoms with van der Waals surface area (Å²) in [7, 11) is 0. The Morgan fingerprint density at radius 3 is 2.39 bits per heavy atom. The maximum absolute atomic E-state index is 5.29. The molecule has 0 fully saturated rings. The summed E-state index contributed by atoms with van der Waals surface area (Å²) in [4.78, 5) is 5.29. The number of hydrogen-bond donors (Lipinski definition) is 1. The topological polar surface area (TPSA) is 24.9 Å². The molecule has 3 aromatic carbocycles. The third-order valence-corrected chi connectivity index (χ3v) is 11.4. The highest BCUT2D eigenvalue weighted by atomic mass is 14.8. The fraction of sp³-hybridized carbons (Fsp3) is 0.250. The second-order valence-corrected chi connectivity index (χ2v) is 14.6. The van der Waals surface area contributed by atoms with Crippen molar-refractivity contribution in [2.24, 2.45) is 11.3 Å². The van der Waals surface area contributed by atoms with Gasteiger partial charge in [-0.3, -0.25) is 0 Å². The Morgan fingerprint density at radius 2 is 1.52 bits per heavy atom. The second kappa shape index (κ2) is 9.90. The van der Waals surface area contributed by atoms with Crippen molar-refractivity contribution in [2.45, 2.75) is 52.4 Å². The van der Waals surface area contributed by atoms with E-state index < -0.39 is 0 Å². The van der Waals surface area contributed by atoms with Crippen LogP contribution in [-0.2, 0) is 5.41 Å². The van der Waals surface area contributed by atoms with Gasteiger partial charge < -0.3 is 5.32 Å². The minimum absolute atomic E-state index is 0.0509. The smallest absolute Gasteiger partial charge is 0.0784 e. The first-order valence-corrected chi connectivity index (χ1v) is 16.9. The lowest BCUT2D eigenvalue weighted by Gasteiger charge is -2.36. The Hall–Kier alpha value is -4.69.